The van der Waals surface area contributed by atoms with Gasteiger partial charge in [-0.3, -0.25) is 0 Å². The number of benzene rings is 1. The molecule has 98 valence electrons. The fraction of sp³-hybridized carbons (Fsp3) is 0.467. The zero-order valence-corrected chi connectivity index (χ0v) is 11.1. The van der Waals surface area contributed by atoms with Crippen molar-refractivity contribution in [3.8, 4) is 18.1 Å². The van der Waals surface area contributed by atoms with Crippen molar-refractivity contribution in [1.29, 1.82) is 0 Å². The summed E-state index contributed by atoms with van der Waals surface area (Å²) in [6.07, 6.45) is 6.29. The molecule has 3 nitrogen and oxygen atoms in total. The van der Waals surface area contributed by atoms with Crippen molar-refractivity contribution in [1.82, 2.24) is 5.32 Å². The Morgan fingerprint density at radius 3 is 2.94 bits per heavy atom. The highest BCUT2D eigenvalue weighted by molar-refractivity contribution is 5.38. The molecule has 1 unspecified atom stereocenters. The topological polar surface area (TPSA) is 41.5 Å². The minimum Gasteiger partial charge on any atom is -0.496 e. The van der Waals surface area contributed by atoms with E-state index in [2.05, 4.69) is 11.2 Å². The number of ether oxygens (including phenoxy) is 1. The number of hydrogen-bond donors (Lipinski definition) is 2. The third kappa shape index (κ3) is 4.40. The van der Waals surface area contributed by atoms with Gasteiger partial charge in [0.15, 0.2) is 0 Å². The van der Waals surface area contributed by atoms with Crippen molar-refractivity contribution in [3.05, 3.63) is 29.3 Å². The van der Waals surface area contributed by atoms with Crippen LogP contribution < -0.4 is 10.1 Å². The van der Waals surface area contributed by atoms with E-state index in [0.29, 0.717) is 6.54 Å². The minimum atomic E-state index is -0.564. The van der Waals surface area contributed by atoms with Crippen molar-refractivity contribution in [2.24, 2.45) is 0 Å². The SMILES string of the molecule is C#CCCCNCC(O)c1cc(C)ccc1OC. The molecular formula is C15H21NO2. The number of aliphatic hydroxyl groups is 1. The number of aliphatic hydroxyl groups excluding tert-OH is 1. The molecule has 1 atom stereocenters. The number of rotatable bonds is 7. The maximum atomic E-state index is 10.1. The first-order chi connectivity index (χ1) is 8.69. The van der Waals surface area contributed by atoms with E-state index in [1.165, 1.54) is 0 Å². The maximum Gasteiger partial charge on any atom is 0.124 e. The van der Waals surface area contributed by atoms with Crippen LogP contribution in [0, 0.1) is 19.3 Å². The standard InChI is InChI=1S/C15H21NO2/c1-4-5-6-9-16-11-14(17)13-10-12(2)7-8-15(13)18-3/h1,7-8,10,14,16-17H,5-6,9,11H2,2-3H3. The summed E-state index contributed by atoms with van der Waals surface area (Å²) >= 11 is 0. The van der Waals surface area contributed by atoms with Crippen LogP contribution >= 0.6 is 0 Å². The van der Waals surface area contributed by atoms with Crippen LogP contribution in [-0.2, 0) is 0 Å². The lowest BCUT2D eigenvalue weighted by Gasteiger charge is -2.16. The smallest absolute Gasteiger partial charge is 0.124 e. The summed E-state index contributed by atoms with van der Waals surface area (Å²) in [6, 6.07) is 5.80. The van der Waals surface area contributed by atoms with Crippen molar-refractivity contribution < 1.29 is 9.84 Å². The predicted molar refractivity (Wildman–Crippen MR) is 73.6 cm³/mol. The third-order valence-electron chi connectivity index (χ3n) is 2.76. The number of nitrogens with one attached hydrogen (secondary N) is 1. The molecule has 0 aromatic heterocycles. The predicted octanol–water partition coefficient (Wildman–Crippen LogP) is 2.04. The Bertz CT molecular complexity index is 409. The molecule has 0 heterocycles. The lowest BCUT2D eigenvalue weighted by atomic mass is 10.1. The van der Waals surface area contributed by atoms with E-state index in [1.807, 2.05) is 25.1 Å². The molecule has 0 amide bonds. The molecule has 1 rings (SSSR count). The normalized spacial score (nSPS) is 11.9. The average Bonchev–Trinajstić information content (AvgIpc) is 2.38. The molecule has 0 saturated heterocycles. The Morgan fingerprint density at radius 2 is 2.28 bits per heavy atom. The first-order valence-electron chi connectivity index (χ1n) is 6.15. The van der Waals surface area contributed by atoms with Crippen LogP contribution in [0.15, 0.2) is 18.2 Å². The van der Waals surface area contributed by atoms with Crippen LogP contribution in [0.3, 0.4) is 0 Å². The van der Waals surface area contributed by atoms with Gasteiger partial charge in [0, 0.05) is 18.5 Å². The van der Waals surface area contributed by atoms with Crippen LogP contribution in [-0.4, -0.2) is 25.3 Å². The first kappa shape index (κ1) is 14.6. The van der Waals surface area contributed by atoms with Gasteiger partial charge in [-0.25, -0.2) is 0 Å². The van der Waals surface area contributed by atoms with E-state index in [1.54, 1.807) is 7.11 Å². The molecule has 0 spiro atoms. The Labute approximate surface area is 109 Å². The second-order valence-corrected chi connectivity index (χ2v) is 4.27. The molecule has 0 radical (unpaired) electrons. The minimum absolute atomic E-state index is 0.504. The van der Waals surface area contributed by atoms with Crippen molar-refractivity contribution in [2.45, 2.75) is 25.9 Å². The van der Waals surface area contributed by atoms with Gasteiger partial charge in [0.1, 0.15) is 5.75 Å². The molecule has 1 aromatic carbocycles. The Morgan fingerprint density at radius 1 is 1.50 bits per heavy atom. The fourth-order valence-electron chi connectivity index (χ4n) is 1.78. The van der Waals surface area contributed by atoms with Gasteiger partial charge in [-0.2, -0.15) is 0 Å². The molecule has 0 bridgehead atoms. The molecule has 0 aliphatic carbocycles. The summed E-state index contributed by atoms with van der Waals surface area (Å²) in [5.41, 5.74) is 1.93. The highest BCUT2D eigenvalue weighted by atomic mass is 16.5. The molecular weight excluding hydrogens is 226 g/mol. The van der Waals surface area contributed by atoms with Crippen molar-refractivity contribution in [2.75, 3.05) is 20.2 Å². The van der Waals surface area contributed by atoms with Gasteiger partial charge in [-0.15, -0.1) is 12.3 Å². The highest BCUT2D eigenvalue weighted by Gasteiger charge is 2.12. The van der Waals surface area contributed by atoms with Crippen molar-refractivity contribution in [3.63, 3.8) is 0 Å². The molecule has 0 saturated carbocycles. The zero-order chi connectivity index (χ0) is 13.4. The van der Waals surface area contributed by atoms with Crippen LogP contribution in [0.25, 0.3) is 0 Å². The van der Waals surface area contributed by atoms with Gasteiger partial charge in [-0.05, 0) is 32.0 Å². The van der Waals surface area contributed by atoms with Crippen LogP contribution in [0.2, 0.25) is 0 Å². The monoisotopic (exact) mass is 247 g/mol. The largest absolute Gasteiger partial charge is 0.496 e. The second kappa shape index (κ2) is 7.75. The van der Waals surface area contributed by atoms with Crippen molar-refractivity contribution >= 4 is 0 Å². The number of terminal acetylenes is 1. The number of unbranched alkanes of at least 4 members (excludes halogenated alkanes) is 1. The molecule has 0 fully saturated rings. The number of hydrogen-bond acceptors (Lipinski definition) is 3. The van der Waals surface area contributed by atoms with E-state index in [-0.39, 0.29) is 0 Å². The molecule has 0 aliphatic rings. The van der Waals surface area contributed by atoms with E-state index < -0.39 is 6.10 Å². The number of methoxy groups -OCH3 is 1. The third-order valence-corrected chi connectivity index (χ3v) is 2.76. The van der Waals surface area contributed by atoms with E-state index in [4.69, 9.17) is 11.2 Å². The van der Waals surface area contributed by atoms with Gasteiger partial charge in [0.2, 0.25) is 0 Å². The maximum absolute atomic E-state index is 10.1. The van der Waals surface area contributed by atoms with Gasteiger partial charge in [0.25, 0.3) is 0 Å². The van der Waals surface area contributed by atoms with E-state index in [0.717, 1.165) is 36.3 Å². The van der Waals surface area contributed by atoms with Gasteiger partial charge in [0.05, 0.1) is 13.2 Å². The Hall–Kier alpha value is -1.50. The first-order valence-corrected chi connectivity index (χ1v) is 6.15. The summed E-state index contributed by atoms with van der Waals surface area (Å²) < 4.78 is 5.25. The van der Waals surface area contributed by atoms with Crippen LogP contribution in [0.1, 0.15) is 30.1 Å². The molecule has 18 heavy (non-hydrogen) atoms. The van der Waals surface area contributed by atoms with Crippen LogP contribution in [0.4, 0.5) is 0 Å². The molecule has 3 heteroatoms. The number of aryl methyl sites for hydroxylation is 1. The van der Waals surface area contributed by atoms with Gasteiger partial charge in [-0.1, -0.05) is 11.6 Å². The highest BCUT2D eigenvalue weighted by Crippen LogP contribution is 2.25. The van der Waals surface area contributed by atoms with Gasteiger partial charge < -0.3 is 15.2 Å². The molecule has 1 aromatic rings. The summed E-state index contributed by atoms with van der Waals surface area (Å²) in [5.74, 6) is 3.31. The summed E-state index contributed by atoms with van der Waals surface area (Å²) in [7, 11) is 1.61. The van der Waals surface area contributed by atoms with E-state index >= 15 is 0 Å². The van der Waals surface area contributed by atoms with Crippen LogP contribution in [0.5, 0.6) is 5.75 Å². The quantitative estimate of drug-likeness (QED) is 0.572. The lowest BCUT2D eigenvalue weighted by molar-refractivity contribution is 0.170. The molecule has 0 aliphatic heterocycles. The Balaban J connectivity index is 2.53. The lowest BCUT2D eigenvalue weighted by Crippen LogP contribution is -2.22. The summed E-state index contributed by atoms with van der Waals surface area (Å²) in [6.45, 7) is 3.32. The zero-order valence-electron chi connectivity index (χ0n) is 11.1. The average molecular weight is 247 g/mol. The Kier molecular flexibility index (Phi) is 6.27. The summed E-state index contributed by atoms with van der Waals surface area (Å²) in [4.78, 5) is 0. The molecule has 2 N–H and O–H groups in total. The van der Waals surface area contributed by atoms with E-state index in [9.17, 15) is 5.11 Å². The van der Waals surface area contributed by atoms with Gasteiger partial charge >= 0.3 is 0 Å². The second-order valence-electron chi connectivity index (χ2n) is 4.27. The fourth-order valence-corrected chi connectivity index (χ4v) is 1.78. The summed E-state index contributed by atoms with van der Waals surface area (Å²) in [5, 5.41) is 13.3.